The molecule has 1 aliphatic heterocycles. The smallest absolute Gasteiger partial charge is 0.305 e. The average molecular weight is 215 g/mol. The van der Waals surface area contributed by atoms with Crippen molar-refractivity contribution in [2.45, 2.75) is 12.8 Å². The van der Waals surface area contributed by atoms with Crippen LogP contribution < -0.4 is 0 Å². The summed E-state index contributed by atoms with van der Waals surface area (Å²) in [6.45, 7) is 0.115. The van der Waals surface area contributed by atoms with Gasteiger partial charge in [-0.05, 0) is 6.42 Å². The molecule has 0 aromatic carbocycles. The maximum absolute atomic E-state index is 11.2. The number of amides is 2. The van der Waals surface area contributed by atoms with E-state index in [4.69, 9.17) is 4.74 Å². The van der Waals surface area contributed by atoms with Crippen molar-refractivity contribution in [2.24, 2.45) is 0 Å². The van der Waals surface area contributed by atoms with Crippen LogP contribution in [0.5, 0.6) is 0 Å². The number of carbonyl (C=O) groups excluding carboxylic acids is 3. The van der Waals surface area contributed by atoms with Gasteiger partial charge >= 0.3 is 5.97 Å². The minimum absolute atomic E-state index is 0.0655. The second-order valence-corrected chi connectivity index (χ2v) is 3.11. The number of nitrogens with zero attached hydrogens (tertiary/aromatic N) is 1. The quantitative estimate of drug-likeness (QED) is 0.459. The second-order valence-electron chi connectivity index (χ2n) is 3.11. The maximum atomic E-state index is 11.2. The van der Waals surface area contributed by atoms with Crippen molar-refractivity contribution in [3.63, 3.8) is 0 Å². The number of hydrogen-bond donors (Lipinski definition) is 0. The van der Waals surface area contributed by atoms with E-state index in [9.17, 15) is 14.4 Å². The number of carbonyl (C=O) groups is 3. The molecule has 0 spiro atoms. The third-order valence-corrected chi connectivity index (χ3v) is 2.04. The molecule has 1 saturated heterocycles. The Morgan fingerprint density at radius 2 is 2.00 bits per heavy atom. The molecule has 15 heavy (non-hydrogen) atoms. The van der Waals surface area contributed by atoms with Gasteiger partial charge in [-0.15, -0.1) is 0 Å². The molecule has 1 heterocycles. The van der Waals surface area contributed by atoms with Crippen LogP contribution in [-0.4, -0.2) is 49.6 Å². The minimum atomic E-state index is -0.351. The summed E-state index contributed by atoms with van der Waals surface area (Å²) in [4.78, 5) is 34.3. The first-order valence-electron chi connectivity index (χ1n) is 4.63. The monoisotopic (exact) mass is 215 g/mol. The fourth-order valence-electron chi connectivity index (χ4n) is 1.25. The molecule has 1 rings (SSSR count). The summed E-state index contributed by atoms with van der Waals surface area (Å²) in [5, 5.41) is 0. The van der Waals surface area contributed by atoms with E-state index in [-0.39, 0.29) is 44.0 Å². The molecule has 0 aliphatic carbocycles. The molecular formula is C9H13NO5. The van der Waals surface area contributed by atoms with Crippen molar-refractivity contribution in [3.05, 3.63) is 0 Å². The van der Waals surface area contributed by atoms with Gasteiger partial charge in [-0.25, -0.2) is 0 Å². The average Bonchev–Trinajstić information content (AvgIpc) is 2.22. The molecule has 0 aromatic rings. The summed E-state index contributed by atoms with van der Waals surface area (Å²) in [6, 6.07) is 0. The standard InChI is InChI=1S/C9H13NO5/c1-14-9(13)3-2-4-10-7(11)5-15-6-8(10)12/h2-6H2,1H3. The Bertz CT molecular complexity index is 260. The number of ether oxygens (including phenoxy) is 2. The second kappa shape index (κ2) is 5.45. The van der Waals surface area contributed by atoms with E-state index in [1.165, 1.54) is 7.11 Å². The van der Waals surface area contributed by atoms with E-state index < -0.39 is 0 Å². The molecule has 0 radical (unpaired) electrons. The zero-order valence-electron chi connectivity index (χ0n) is 8.52. The third-order valence-electron chi connectivity index (χ3n) is 2.04. The predicted molar refractivity (Wildman–Crippen MR) is 48.8 cm³/mol. The van der Waals surface area contributed by atoms with E-state index in [1.54, 1.807) is 0 Å². The molecule has 0 N–H and O–H groups in total. The van der Waals surface area contributed by atoms with Gasteiger partial charge in [0.1, 0.15) is 13.2 Å². The lowest BCUT2D eigenvalue weighted by atomic mass is 10.2. The Morgan fingerprint density at radius 3 is 2.53 bits per heavy atom. The van der Waals surface area contributed by atoms with Gasteiger partial charge in [0.05, 0.1) is 7.11 Å². The van der Waals surface area contributed by atoms with Crippen molar-refractivity contribution < 1.29 is 23.9 Å². The normalized spacial score (nSPS) is 16.7. The van der Waals surface area contributed by atoms with Crippen LogP contribution in [0.4, 0.5) is 0 Å². The van der Waals surface area contributed by atoms with Gasteiger partial charge in [0.25, 0.3) is 11.8 Å². The van der Waals surface area contributed by atoms with Crippen molar-refractivity contribution >= 4 is 17.8 Å². The third kappa shape index (κ3) is 3.32. The zero-order chi connectivity index (χ0) is 11.3. The van der Waals surface area contributed by atoms with E-state index in [0.29, 0.717) is 6.42 Å². The van der Waals surface area contributed by atoms with Gasteiger partial charge in [-0.1, -0.05) is 0 Å². The first-order valence-corrected chi connectivity index (χ1v) is 4.63. The van der Waals surface area contributed by atoms with Gasteiger partial charge < -0.3 is 9.47 Å². The fraction of sp³-hybridized carbons (Fsp3) is 0.667. The molecule has 0 atom stereocenters. The molecule has 0 aromatic heterocycles. The zero-order valence-corrected chi connectivity index (χ0v) is 8.52. The number of methoxy groups -OCH3 is 1. The first-order chi connectivity index (χ1) is 7.15. The van der Waals surface area contributed by atoms with E-state index >= 15 is 0 Å². The molecule has 1 aliphatic rings. The van der Waals surface area contributed by atoms with Crippen molar-refractivity contribution in [3.8, 4) is 0 Å². The Balaban J connectivity index is 2.33. The highest BCUT2D eigenvalue weighted by Gasteiger charge is 2.25. The van der Waals surface area contributed by atoms with Gasteiger partial charge in [-0.2, -0.15) is 0 Å². The number of morpholine rings is 1. The van der Waals surface area contributed by atoms with Crippen LogP contribution in [0.2, 0.25) is 0 Å². The van der Waals surface area contributed by atoms with Crippen molar-refractivity contribution in [1.29, 1.82) is 0 Å². The first kappa shape index (κ1) is 11.6. The Labute approximate surface area is 87.1 Å². The Hall–Kier alpha value is -1.43. The number of esters is 1. The summed E-state index contributed by atoms with van der Waals surface area (Å²) in [7, 11) is 1.30. The SMILES string of the molecule is COC(=O)CCCN1C(=O)COCC1=O. The number of imide groups is 1. The summed E-state index contributed by atoms with van der Waals surface area (Å²) in [6.07, 6.45) is 0.624. The van der Waals surface area contributed by atoms with Crippen LogP contribution in [0.25, 0.3) is 0 Å². The minimum Gasteiger partial charge on any atom is -0.469 e. The lowest BCUT2D eigenvalue weighted by molar-refractivity contribution is -0.159. The molecule has 0 unspecified atom stereocenters. The molecule has 0 bridgehead atoms. The molecular weight excluding hydrogens is 202 g/mol. The largest absolute Gasteiger partial charge is 0.469 e. The molecule has 6 nitrogen and oxygen atoms in total. The van der Waals surface area contributed by atoms with Crippen LogP contribution in [0, 0.1) is 0 Å². The summed E-state index contributed by atoms with van der Waals surface area (Å²) < 4.78 is 9.18. The van der Waals surface area contributed by atoms with Gasteiger partial charge in [0, 0.05) is 13.0 Å². The maximum Gasteiger partial charge on any atom is 0.305 e. The topological polar surface area (TPSA) is 72.9 Å². The van der Waals surface area contributed by atoms with Crippen LogP contribution in [0.15, 0.2) is 0 Å². The van der Waals surface area contributed by atoms with Gasteiger partial charge in [0.15, 0.2) is 0 Å². The summed E-state index contributed by atoms with van der Waals surface area (Å²) in [5.74, 6) is -1.05. The van der Waals surface area contributed by atoms with Gasteiger partial charge in [0.2, 0.25) is 0 Å². The summed E-state index contributed by atoms with van der Waals surface area (Å²) in [5.41, 5.74) is 0. The van der Waals surface area contributed by atoms with Gasteiger partial charge in [-0.3, -0.25) is 19.3 Å². The molecule has 2 amide bonds. The van der Waals surface area contributed by atoms with Crippen molar-refractivity contribution in [1.82, 2.24) is 4.90 Å². The van der Waals surface area contributed by atoms with Crippen LogP contribution in [0.1, 0.15) is 12.8 Å². The lowest BCUT2D eigenvalue weighted by Gasteiger charge is -2.24. The molecule has 84 valence electrons. The Morgan fingerprint density at radius 1 is 1.40 bits per heavy atom. The highest BCUT2D eigenvalue weighted by Crippen LogP contribution is 2.03. The molecule has 6 heteroatoms. The van der Waals surface area contributed by atoms with E-state index in [1.807, 2.05) is 0 Å². The van der Waals surface area contributed by atoms with Crippen LogP contribution in [0.3, 0.4) is 0 Å². The lowest BCUT2D eigenvalue weighted by Crippen LogP contribution is -2.46. The van der Waals surface area contributed by atoms with Crippen LogP contribution >= 0.6 is 0 Å². The Kier molecular flexibility index (Phi) is 4.23. The number of hydrogen-bond acceptors (Lipinski definition) is 5. The van der Waals surface area contributed by atoms with E-state index in [0.717, 1.165) is 4.90 Å². The highest BCUT2D eigenvalue weighted by atomic mass is 16.5. The van der Waals surface area contributed by atoms with Crippen LogP contribution in [-0.2, 0) is 23.9 Å². The van der Waals surface area contributed by atoms with Crippen molar-refractivity contribution in [2.75, 3.05) is 26.9 Å². The summed E-state index contributed by atoms with van der Waals surface area (Å²) >= 11 is 0. The predicted octanol–water partition coefficient (Wildman–Crippen LogP) is -0.675. The molecule has 1 fully saturated rings. The highest BCUT2D eigenvalue weighted by molar-refractivity contribution is 5.98. The fourth-order valence-corrected chi connectivity index (χ4v) is 1.25. The molecule has 0 saturated carbocycles. The van der Waals surface area contributed by atoms with E-state index in [2.05, 4.69) is 4.74 Å². The number of rotatable bonds is 4.